The molecule has 0 aliphatic carbocycles. The van der Waals surface area contributed by atoms with Crippen LogP contribution in [0.15, 0.2) is 10.9 Å². The molecule has 0 aromatic carbocycles. The molecule has 0 fully saturated rings. The number of hydrogen-bond acceptors (Lipinski definition) is 3. The molecule has 1 atom stereocenters. The lowest BCUT2D eigenvalue weighted by atomic mass is 9.97. The lowest BCUT2D eigenvalue weighted by Gasteiger charge is -2.09. The molecule has 0 saturated carbocycles. The first kappa shape index (κ1) is 17.2. The number of hydrogen-bond donors (Lipinski definition) is 0. The highest BCUT2D eigenvalue weighted by Gasteiger charge is 2.13. The topological polar surface area (TPSA) is 38.9 Å². The molecule has 0 aliphatic heterocycles. The van der Waals surface area contributed by atoms with Crippen molar-refractivity contribution in [2.45, 2.75) is 96.8 Å². The van der Waals surface area contributed by atoms with E-state index in [0.717, 1.165) is 12.2 Å². The Morgan fingerprint density at radius 2 is 1.50 bits per heavy atom. The Bertz CT molecular complexity index is 298. The Kier molecular flexibility index (Phi) is 10.3. The fourth-order valence-corrected chi connectivity index (χ4v) is 2.75. The van der Waals surface area contributed by atoms with Crippen LogP contribution in [0.25, 0.3) is 0 Å². The third-order valence-electron chi connectivity index (χ3n) is 4.14. The molecule has 1 unspecified atom stereocenters. The zero-order valence-electron chi connectivity index (χ0n) is 13.4. The molecule has 0 N–H and O–H groups in total. The summed E-state index contributed by atoms with van der Waals surface area (Å²) in [5.74, 6) is 1.38. The first-order valence-electron chi connectivity index (χ1n) is 8.64. The fourth-order valence-electron chi connectivity index (χ4n) is 2.75. The van der Waals surface area contributed by atoms with Crippen LogP contribution < -0.4 is 0 Å². The molecule has 1 heterocycles. The zero-order chi connectivity index (χ0) is 14.5. The Morgan fingerprint density at radius 1 is 0.900 bits per heavy atom. The number of rotatable bonds is 13. The summed E-state index contributed by atoms with van der Waals surface area (Å²) in [6.45, 7) is 4.48. The van der Waals surface area contributed by atoms with E-state index in [1.165, 1.54) is 77.0 Å². The summed E-state index contributed by atoms with van der Waals surface area (Å²) in [7, 11) is 0. The van der Waals surface area contributed by atoms with Gasteiger partial charge in [0.15, 0.2) is 5.82 Å². The van der Waals surface area contributed by atoms with Crippen molar-refractivity contribution >= 4 is 0 Å². The molecular weight excluding hydrogens is 248 g/mol. The second-order valence-corrected chi connectivity index (χ2v) is 5.87. The van der Waals surface area contributed by atoms with Crippen molar-refractivity contribution in [3.63, 3.8) is 0 Å². The van der Waals surface area contributed by atoms with Gasteiger partial charge in [-0.15, -0.1) is 0 Å². The maximum absolute atomic E-state index is 4.84. The summed E-state index contributed by atoms with van der Waals surface area (Å²) in [6, 6.07) is 0. The zero-order valence-corrected chi connectivity index (χ0v) is 13.4. The van der Waals surface area contributed by atoms with Gasteiger partial charge in [-0.25, -0.2) is 0 Å². The van der Waals surface area contributed by atoms with E-state index in [9.17, 15) is 0 Å². The Hall–Kier alpha value is -0.860. The molecule has 3 heteroatoms. The average Bonchev–Trinajstić information content (AvgIpc) is 2.99. The summed E-state index contributed by atoms with van der Waals surface area (Å²) in [4.78, 5) is 4.17. The summed E-state index contributed by atoms with van der Waals surface area (Å²) < 4.78 is 4.84. The predicted molar refractivity (Wildman–Crippen MR) is 83.8 cm³/mol. The minimum absolute atomic E-state index is 0.489. The van der Waals surface area contributed by atoms with E-state index in [-0.39, 0.29) is 0 Å². The summed E-state index contributed by atoms with van der Waals surface area (Å²) in [6.07, 6.45) is 17.7. The van der Waals surface area contributed by atoms with E-state index in [4.69, 9.17) is 4.52 Å². The van der Waals surface area contributed by atoms with Crippen LogP contribution in [-0.2, 0) is 0 Å². The van der Waals surface area contributed by atoms with E-state index < -0.39 is 0 Å². The molecule has 1 aromatic rings. The van der Waals surface area contributed by atoms with Crippen LogP contribution in [0.1, 0.15) is 103 Å². The molecule has 20 heavy (non-hydrogen) atoms. The van der Waals surface area contributed by atoms with Crippen LogP contribution in [0.5, 0.6) is 0 Å². The van der Waals surface area contributed by atoms with Crippen molar-refractivity contribution in [1.82, 2.24) is 10.1 Å². The molecule has 0 aliphatic rings. The fraction of sp³-hybridized carbons (Fsp3) is 0.882. The van der Waals surface area contributed by atoms with Gasteiger partial charge in [0.05, 0.1) is 0 Å². The SMILES string of the molecule is CCCCCCCCCCCCC(CC)c1ncon1. The molecule has 3 nitrogen and oxygen atoms in total. The van der Waals surface area contributed by atoms with Gasteiger partial charge in [-0.2, -0.15) is 4.98 Å². The number of nitrogens with zero attached hydrogens (tertiary/aromatic N) is 2. The van der Waals surface area contributed by atoms with Crippen molar-refractivity contribution in [1.29, 1.82) is 0 Å². The van der Waals surface area contributed by atoms with Crippen LogP contribution in [0, 0.1) is 0 Å². The van der Waals surface area contributed by atoms with E-state index >= 15 is 0 Å². The van der Waals surface area contributed by atoms with Gasteiger partial charge in [0.2, 0.25) is 6.39 Å². The molecule has 116 valence electrons. The highest BCUT2D eigenvalue weighted by atomic mass is 16.5. The smallest absolute Gasteiger partial charge is 0.213 e. The predicted octanol–water partition coefficient (Wildman–Crippen LogP) is 5.87. The van der Waals surface area contributed by atoms with E-state index in [1.807, 2.05) is 0 Å². The maximum Gasteiger partial charge on any atom is 0.213 e. The third-order valence-corrected chi connectivity index (χ3v) is 4.14. The van der Waals surface area contributed by atoms with Crippen LogP contribution in [0.2, 0.25) is 0 Å². The van der Waals surface area contributed by atoms with Gasteiger partial charge in [-0.3, -0.25) is 0 Å². The quantitative estimate of drug-likeness (QED) is 0.424. The number of aromatic nitrogens is 2. The Morgan fingerprint density at radius 3 is 2.00 bits per heavy atom. The first-order valence-corrected chi connectivity index (χ1v) is 8.64. The van der Waals surface area contributed by atoms with E-state index in [1.54, 1.807) is 0 Å². The molecule has 0 radical (unpaired) electrons. The van der Waals surface area contributed by atoms with Crippen molar-refractivity contribution in [3.05, 3.63) is 12.2 Å². The molecule has 1 rings (SSSR count). The second-order valence-electron chi connectivity index (χ2n) is 5.87. The monoisotopic (exact) mass is 280 g/mol. The molecule has 0 bridgehead atoms. The van der Waals surface area contributed by atoms with Gasteiger partial charge in [-0.1, -0.05) is 83.2 Å². The van der Waals surface area contributed by atoms with Gasteiger partial charge >= 0.3 is 0 Å². The van der Waals surface area contributed by atoms with Crippen LogP contribution >= 0.6 is 0 Å². The summed E-state index contributed by atoms with van der Waals surface area (Å²) >= 11 is 0. The average molecular weight is 280 g/mol. The molecule has 0 saturated heterocycles. The lowest BCUT2D eigenvalue weighted by Crippen LogP contribution is -1.99. The third kappa shape index (κ3) is 7.66. The van der Waals surface area contributed by atoms with Gasteiger partial charge in [0.25, 0.3) is 0 Å². The molecule has 1 aromatic heterocycles. The minimum Gasteiger partial charge on any atom is -0.343 e. The molecule has 0 spiro atoms. The van der Waals surface area contributed by atoms with Gasteiger partial charge in [0, 0.05) is 5.92 Å². The van der Waals surface area contributed by atoms with Crippen LogP contribution in [-0.4, -0.2) is 10.1 Å². The van der Waals surface area contributed by atoms with Crippen LogP contribution in [0.3, 0.4) is 0 Å². The standard InChI is InChI=1S/C17H32N2O/c1-3-5-6-7-8-9-10-11-12-13-14-16(4-2)17-18-15-20-19-17/h15-16H,3-14H2,1-2H3. The van der Waals surface area contributed by atoms with Crippen molar-refractivity contribution in [3.8, 4) is 0 Å². The molecular formula is C17H32N2O. The van der Waals surface area contributed by atoms with Crippen LogP contribution in [0.4, 0.5) is 0 Å². The highest BCUT2D eigenvalue weighted by molar-refractivity contribution is 4.90. The first-order chi connectivity index (χ1) is 9.88. The second kappa shape index (κ2) is 11.9. The highest BCUT2D eigenvalue weighted by Crippen LogP contribution is 2.23. The minimum atomic E-state index is 0.489. The lowest BCUT2D eigenvalue weighted by molar-refractivity contribution is 0.397. The van der Waals surface area contributed by atoms with Gasteiger partial charge < -0.3 is 4.52 Å². The van der Waals surface area contributed by atoms with Crippen molar-refractivity contribution < 1.29 is 4.52 Å². The Labute approximate surface area is 124 Å². The summed E-state index contributed by atoms with van der Waals surface area (Å²) in [5, 5.41) is 3.97. The summed E-state index contributed by atoms with van der Waals surface area (Å²) in [5.41, 5.74) is 0. The maximum atomic E-state index is 4.84. The van der Waals surface area contributed by atoms with Gasteiger partial charge in [-0.05, 0) is 12.8 Å². The van der Waals surface area contributed by atoms with E-state index in [0.29, 0.717) is 5.92 Å². The number of unbranched alkanes of at least 4 members (excludes halogenated alkanes) is 9. The Balaban J connectivity index is 1.91. The van der Waals surface area contributed by atoms with Crippen molar-refractivity contribution in [2.75, 3.05) is 0 Å². The van der Waals surface area contributed by atoms with Crippen molar-refractivity contribution in [2.24, 2.45) is 0 Å². The van der Waals surface area contributed by atoms with E-state index in [2.05, 4.69) is 24.0 Å². The largest absolute Gasteiger partial charge is 0.343 e. The normalized spacial score (nSPS) is 12.7. The molecule has 0 amide bonds. The van der Waals surface area contributed by atoms with Gasteiger partial charge in [0.1, 0.15) is 0 Å².